The highest BCUT2D eigenvalue weighted by atomic mass is 32.3. The zero-order chi connectivity index (χ0) is 15.7. The third-order valence-electron chi connectivity index (χ3n) is 2.64. The summed E-state index contributed by atoms with van der Waals surface area (Å²) in [6.45, 7) is 7.94. The molecule has 0 saturated carbocycles. The van der Waals surface area contributed by atoms with E-state index in [0.717, 1.165) is 26.1 Å². The van der Waals surface area contributed by atoms with E-state index in [0.29, 0.717) is 6.42 Å². The van der Waals surface area contributed by atoms with Crippen LogP contribution in [-0.4, -0.2) is 32.8 Å². The van der Waals surface area contributed by atoms with E-state index in [2.05, 4.69) is 11.1 Å². The van der Waals surface area contributed by atoms with E-state index in [9.17, 15) is 8.42 Å². The summed E-state index contributed by atoms with van der Waals surface area (Å²) in [6.07, 6.45) is 9.05. The molecular formula is C14H32O5S. The van der Waals surface area contributed by atoms with E-state index in [1.807, 2.05) is 13.8 Å². The highest BCUT2D eigenvalue weighted by Crippen LogP contribution is 2.08. The fraction of sp³-hybridized carbons (Fsp3) is 1.00. The fourth-order valence-electron chi connectivity index (χ4n) is 1.60. The van der Waals surface area contributed by atoms with Crippen LogP contribution in [-0.2, 0) is 19.3 Å². The number of hydrogen-bond donors (Lipinski definition) is 1. The fourth-order valence-corrected chi connectivity index (χ4v) is 1.93. The minimum atomic E-state index is -4.23. The zero-order valence-corrected chi connectivity index (χ0v) is 14.1. The summed E-state index contributed by atoms with van der Waals surface area (Å²) in [4.78, 5) is 0. The summed E-state index contributed by atoms with van der Waals surface area (Å²) < 4.78 is 37.6. The largest absolute Gasteiger partial charge is 0.397 e. The van der Waals surface area contributed by atoms with Crippen molar-refractivity contribution in [2.45, 2.75) is 72.1 Å². The van der Waals surface area contributed by atoms with Gasteiger partial charge >= 0.3 is 10.4 Å². The average molecular weight is 312 g/mol. The molecule has 0 aliphatic rings. The average Bonchev–Trinajstić information content (AvgIpc) is 2.37. The molecule has 20 heavy (non-hydrogen) atoms. The summed E-state index contributed by atoms with van der Waals surface area (Å²) in [6, 6.07) is 0. The first-order valence-electron chi connectivity index (χ1n) is 7.67. The van der Waals surface area contributed by atoms with Gasteiger partial charge in [0.1, 0.15) is 0 Å². The molecule has 0 atom stereocenters. The van der Waals surface area contributed by atoms with Gasteiger partial charge in [0.15, 0.2) is 0 Å². The van der Waals surface area contributed by atoms with Gasteiger partial charge in [-0.05, 0) is 20.3 Å². The molecule has 0 saturated heterocycles. The molecule has 0 aliphatic carbocycles. The second-order valence-electron chi connectivity index (χ2n) is 4.51. The van der Waals surface area contributed by atoms with E-state index in [-0.39, 0.29) is 6.61 Å². The van der Waals surface area contributed by atoms with Crippen molar-refractivity contribution in [2.75, 3.05) is 19.8 Å². The van der Waals surface area contributed by atoms with Crippen LogP contribution in [0.3, 0.4) is 0 Å². The third kappa shape index (κ3) is 26.4. The second kappa shape index (κ2) is 16.9. The van der Waals surface area contributed by atoms with Crippen molar-refractivity contribution in [1.29, 1.82) is 0 Å². The Balaban J connectivity index is 0. The van der Waals surface area contributed by atoms with Crippen LogP contribution in [0.15, 0.2) is 0 Å². The molecule has 0 radical (unpaired) electrons. The molecule has 0 heterocycles. The van der Waals surface area contributed by atoms with Crippen molar-refractivity contribution in [3.8, 4) is 0 Å². The normalized spacial score (nSPS) is 11.0. The van der Waals surface area contributed by atoms with Crippen LogP contribution in [0, 0.1) is 0 Å². The van der Waals surface area contributed by atoms with Gasteiger partial charge in [-0.15, -0.1) is 0 Å². The molecule has 0 rings (SSSR count). The first kappa shape index (κ1) is 22.1. The lowest BCUT2D eigenvalue weighted by Gasteiger charge is -2.01. The number of ether oxygens (including phenoxy) is 1. The predicted octanol–water partition coefficient (Wildman–Crippen LogP) is 3.99. The van der Waals surface area contributed by atoms with E-state index in [4.69, 9.17) is 9.29 Å². The summed E-state index contributed by atoms with van der Waals surface area (Å²) in [5.41, 5.74) is 0. The van der Waals surface area contributed by atoms with Gasteiger partial charge in [-0.1, -0.05) is 51.9 Å². The van der Waals surface area contributed by atoms with E-state index < -0.39 is 10.4 Å². The lowest BCUT2D eigenvalue weighted by atomic mass is 10.1. The van der Waals surface area contributed by atoms with Crippen molar-refractivity contribution < 1.29 is 21.9 Å². The Bertz CT molecular complexity index is 263. The topological polar surface area (TPSA) is 72.8 Å². The monoisotopic (exact) mass is 312 g/mol. The molecule has 0 aromatic rings. The first-order valence-corrected chi connectivity index (χ1v) is 9.04. The maximum atomic E-state index is 10.2. The highest BCUT2D eigenvalue weighted by Gasteiger charge is 2.02. The van der Waals surface area contributed by atoms with E-state index in [1.165, 1.54) is 32.1 Å². The van der Waals surface area contributed by atoms with Gasteiger partial charge in [0.05, 0.1) is 6.61 Å². The quantitative estimate of drug-likeness (QED) is 0.436. The third-order valence-corrected chi connectivity index (χ3v) is 3.10. The highest BCUT2D eigenvalue weighted by molar-refractivity contribution is 7.80. The van der Waals surface area contributed by atoms with Crippen molar-refractivity contribution in [3.05, 3.63) is 0 Å². The van der Waals surface area contributed by atoms with Crippen LogP contribution in [0.2, 0.25) is 0 Å². The van der Waals surface area contributed by atoms with Gasteiger partial charge in [0, 0.05) is 13.2 Å². The van der Waals surface area contributed by atoms with Gasteiger partial charge in [-0.25, -0.2) is 4.18 Å². The minimum absolute atomic E-state index is 0.0911. The van der Waals surface area contributed by atoms with Crippen LogP contribution >= 0.6 is 0 Å². The number of hydrogen-bond acceptors (Lipinski definition) is 4. The molecule has 0 fully saturated rings. The van der Waals surface area contributed by atoms with E-state index in [1.54, 1.807) is 0 Å². The van der Waals surface area contributed by atoms with Gasteiger partial charge in [-0.3, -0.25) is 4.55 Å². The van der Waals surface area contributed by atoms with Crippen LogP contribution in [0.5, 0.6) is 0 Å². The molecule has 5 nitrogen and oxygen atoms in total. The molecule has 0 aliphatic heterocycles. The molecule has 6 heteroatoms. The summed E-state index contributed by atoms with van der Waals surface area (Å²) in [7, 11) is -4.23. The minimum Gasteiger partial charge on any atom is -0.382 e. The molecule has 0 aromatic heterocycles. The second-order valence-corrected chi connectivity index (χ2v) is 5.60. The van der Waals surface area contributed by atoms with Gasteiger partial charge in [0.2, 0.25) is 0 Å². The molecule has 1 N–H and O–H groups in total. The lowest BCUT2D eigenvalue weighted by molar-refractivity contribution is 0.162. The summed E-state index contributed by atoms with van der Waals surface area (Å²) in [5.74, 6) is 0. The van der Waals surface area contributed by atoms with Gasteiger partial charge in [-0.2, -0.15) is 8.42 Å². The predicted molar refractivity (Wildman–Crippen MR) is 82.3 cm³/mol. The van der Waals surface area contributed by atoms with Crippen LogP contribution in [0.4, 0.5) is 0 Å². The SMILES string of the molecule is CCCCCCCCCCOS(=O)(=O)O.CCOCC. The molecule has 0 unspecified atom stereocenters. The lowest BCUT2D eigenvalue weighted by Crippen LogP contribution is -2.04. The van der Waals surface area contributed by atoms with Crippen LogP contribution < -0.4 is 0 Å². The van der Waals surface area contributed by atoms with Crippen LogP contribution in [0.25, 0.3) is 0 Å². The smallest absolute Gasteiger partial charge is 0.382 e. The van der Waals surface area contributed by atoms with Crippen molar-refractivity contribution in [1.82, 2.24) is 0 Å². The summed E-state index contributed by atoms with van der Waals surface area (Å²) >= 11 is 0. The standard InChI is InChI=1S/C10H22O4S.C4H10O/c1-2-3-4-5-6-7-8-9-10-14-15(11,12)13;1-3-5-4-2/h2-10H2,1H3,(H,11,12,13);3-4H2,1-2H3. The summed E-state index contributed by atoms with van der Waals surface area (Å²) in [5, 5.41) is 0. The molecule has 0 aromatic carbocycles. The number of rotatable bonds is 12. The Morgan fingerprint density at radius 2 is 1.25 bits per heavy atom. The maximum Gasteiger partial charge on any atom is 0.397 e. The number of unbranched alkanes of at least 4 members (excludes halogenated alkanes) is 7. The molecule has 0 bridgehead atoms. The molecule has 0 amide bonds. The zero-order valence-electron chi connectivity index (χ0n) is 13.3. The Hall–Kier alpha value is -0.170. The Labute approximate surface area is 125 Å². The van der Waals surface area contributed by atoms with Gasteiger partial charge < -0.3 is 4.74 Å². The molecule has 0 spiro atoms. The Morgan fingerprint density at radius 3 is 1.60 bits per heavy atom. The van der Waals surface area contributed by atoms with Crippen molar-refractivity contribution in [2.24, 2.45) is 0 Å². The maximum absolute atomic E-state index is 10.2. The van der Waals surface area contributed by atoms with Gasteiger partial charge in [0.25, 0.3) is 0 Å². The van der Waals surface area contributed by atoms with Crippen molar-refractivity contribution in [3.63, 3.8) is 0 Å². The van der Waals surface area contributed by atoms with Crippen molar-refractivity contribution >= 4 is 10.4 Å². The molecular weight excluding hydrogens is 280 g/mol. The van der Waals surface area contributed by atoms with E-state index >= 15 is 0 Å². The molecule has 124 valence electrons. The first-order chi connectivity index (χ1) is 9.47. The Morgan fingerprint density at radius 1 is 0.800 bits per heavy atom. The Kier molecular flexibility index (Phi) is 18.7. The van der Waals surface area contributed by atoms with Crippen LogP contribution in [0.1, 0.15) is 72.1 Å².